The summed E-state index contributed by atoms with van der Waals surface area (Å²) in [6.45, 7) is 15.8. The van der Waals surface area contributed by atoms with Gasteiger partial charge >= 0.3 is 11.8 Å². The molecule has 4 aliphatic rings. The maximum absolute atomic E-state index is 14.6. The lowest BCUT2D eigenvalue weighted by molar-refractivity contribution is -0.160. The number of phenolic OH excluding ortho intramolecular Hbond substituents is 3. The van der Waals surface area contributed by atoms with E-state index in [-0.39, 0.29) is 44.5 Å². The van der Waals surface area contributed by atoms with E-state index >= 15 is 0 Å². The van der Waals surface area contributed by atoms with Crippen LogP contribution in [0.2, 0.25) is 0 Å². The van der Waals surface area contributed by atoms with Gasteiger partial charge in [-0.15, -0.1) is 0 Å². The summed E-state index contributed by atoms with van der Waals surface area (Å²) in [5.74, 6) is -8.42. The number of allylic oxidation sites excluding steroid dienone is 2. The molecule has 0 aliphatic carbocycles. The average Bonchev–Trinajstić information content (AvgIpc) is 3.55. The number of aromatic hydroxyl groups is 3. The van der Waals surface area contributed by atoms with Gasteiger partial charge < -0.3 is 49.8 Å². The van der Waals surface area contributed by atoms with E-state index in [0.717, 1.165) is 6.54 Å². The Morgan fingerprint density at radius 3 is 2.25 bits per heavy atom. The minimum atomic E-state index is -2.06. The third-order valence-electron chi connectivity index (χ3n) is 13.0. The average molecular weight is 899 g/mol. The summed E-state index contributed by atoms with van der Waals surface area (Å²) in [4.78, 5) is 43.1. The van der Waals surface area contributed by atoms with Gasteiger partial charge in [0.15, 0.2) is 5.75 Å². The number of nitrogens with zero attached hydrogens (tertiary/aromatic N) is 3. The predicted octanol–water partition coefficient (Wildman–Crippen LogP) is 5.91. The summed E-state index contributed by atoms with van der Waals surface area (Å²) >= 11 is 0. The number of ketones is 1. The van der Waals surface area contributed by atoms with Gasteiger partial charge in [0.25, 0.3) is 11.7 Å². The van der Waals surface area contributed by atoms with Crippen LogP contribution in [-0.2, 0) is 30.3 Å². The quantitative estimate of drug-likeness (QED) is 0.0734. The summed E-state index contributed by atoms with van der Waals surface area (Å²) in [5.41, 5.74) is 0.808. The fourth-order valence-corrected chi connectivity index (χ4v) is 8.86. The molecule has 1 saturated heterocycles. The molecule has 0 saturated carbocycles. The zero-order chi connectivity index (χ0) is 47.5. The number of phenols is 3. The third-order valence-corrected chi connectivity index (χ3v) is 13.0. The number of anilines is 1. The Hall–Kier alpha value is -5.94. The van der Waals surface area contributed by atoms with Crippen LogP contribution in [0.4, 0.5) is 5.69 Å². The normalized spacial score (nSPS) is 30.1. The number of rotatable bonds is 6. The second kappa shape index (κ2) is 20.1. The van der Waals surface area contributed by atoms with Crippen LogP contribution in [0.25, 0.3) is 10.8 Å². The van der Waals surface area contributed by atoms with Crippen LogP contribution in [0.1, 0.15) is 75.5 Å². The number of aliphatic hydroxyl groups excluding tert-OH is 2. The number of hydrogen-bond acceptors (Lipinski definition) is 15. The summed E-state index contributed by atoms with van der Waals surface area (Å²) in [6.07, 6.45) is 4.87. The van der Waals surface area contributed by atoms with Crippen molar-refractivity contribution in [2.24, 2.45) is 28.8 Å². The summed E-state index contributed by atoms with van der Waals surface area (Å²) < 4.78 is 23.7. The SMILES string of the molecule is CO[C@H]1/C=C/O[C@@]2(C)Oc3c(C)c(O)c4c(O)c(c(C=NN5CCN(Cc6ccccc6)CC5)c(O)c4c3C2=O)NC(=O)/C(C)=C\C=C\[C@H](C)[C@H](O)[C@@H](C)[C@@H](O)[C@@H](C)[C@H](OC(C)=O)[C@@H]1C. The van der Waals surface area contributed by atoms with Crippen LogP contribution in [0.15, 0.2) is 71.6 Å². The molecule has 0 aromatic heterocycles. The maximum Gasteiger partial charge on any atom is 0.312 e. The zero-order valence-corrected chi connectivity index (χ0v) is 38.4. The second-order valence-electron chi connectivity index (χ2n) is 17.6. The first-order valence-electron chi connectivity index (χ1n) is 21.9. The van der Waals surface area contributed by atoms with E-state index in [1.165, 1.54) is 65.0 Å². The summed E-state index contributed by atoms with van der Waals surface area (Å²) in [5, 5.41) is 67.5. The van der Waals surface area contributed by atoms with Crippen LogP contribution in [0.3, 0.4) is 0 Å². The van der Waals surface area contributed by atoms with Crippen molar-refractivity contribution in [3.8, 4) is 23.0 Å². The number of ether oxygens (including phenoxy) is 4. The number of aliphatic hydroxyl groups is 2. The fourth-order valence-electron chi connectivity index (χ4n) is 8.86. The van der Waals surface area contributed by atoms with Gasteiger partial charge in [0.05, 0.1) is 53.0 Å². The Morgan fingerprint density at radius 2 is 1.60 bits per heavy atom. The molecule has 0 radical (unpaired) electrons. The standard InChI is InChI=1S/C49H62N4O12/c1-26-14-13-15-27(2)48(61)51-39-34(24-50-53-21-19-52(20-22-53)25-33-16-11-10-12-17-33)43(58)36-37(44(39)59)42(57)31(6)46-38(36)47(60)49(8,65-46)63-23-18-35(62-9)28(3)45(64-32(7)54)30(5)41(56)29(4)40(26)55/h10-18,23-24,26,28-30,35,40-41,45,55-59H,19-22,25H2,1-9H3,(H,51,61)/b14-13+,23-18+,27-15-,50-24?/t26-,28+,29+,30+,35-,40-,41+,45+,49-/m0/s1. The molecule has 9 atom stereocenters. The molecule has 16 nitrogen and oxygen atoms in total. The minimum Gasteiger partial charge on any atom is -0.507 e. The monoisotopic (exact) mass is 898 g/mol. The smallest absolute Gasteiger partial charge is 0.312 e. The molecule has 1 fully saturated rings. The molecule has 16 heteroatoms. The first-order chi connectivity index (χ1) is 30.8. The number of piperazine rings is 1. The first-order valence-corrected chi connectivity index (χ1v) is 21.9. The molecule has 4 aliphatic heterocycles. The number of Topliss-reactive ketones (excluding diaryl/α,β-unsaturated/α-hetero) is 1. The van der Waals surface area contributed by atoms with Crippen molar-refractivity contribution >= 4 is 40.3 Å². The lowest BCUT2D eigenvalue weighted by Crippen LogP contribution is -2.46. The van der Waals surface area contributed by atoms with E-state index in [1.54, 1.807) is 44.9 Å². The number of hydrogen-bond donors (Lipinski definition) is 6. The number of methoxy groups -OCH3 is 1. The van der Waals surface area contributed by atoms with Crippen molar-refractivity contribution in [2.75, 3.05) is 38.6 Å². The lowest BCUT2D eigenvalue weighted by Gasteiger charge is -2.38. The highest BCUT2D eigenvalue weighted by atomic mass is 16.7. The van der Waals surface area contributed by atoms with Crippen molar-refractivity contribution < 1.29 is 58.9 Å². The summed E-state index contributed by atoms with van der Waals surface area (Å²) in [7, 11) is 1.44. The number of carbonyl (C=O) groups is 3. The van der Waals surface area contributed by atoms with Gasteiger partial charge in [-0.05, 0) is 25.5 Å². The number of carbonyl (C=O) groups excluding carboxylic acids is 3. The molecule has 350 valence electrons. The second-order valence-corrected chi connectivity index (χ2v) is 17.6. The molecule has 5 bridgehead atoms. The van der Waals surface area contributed by atoms with Crippen LogP contribution in [0, 0.1) is 30.6 Å². The molecule has 0 unspecified atom stereocenters. The van der Waals surface area contributed by atoms with Gasteiger partial charge in [0.2, 0.25) is 0 Å². The molecule has 3 aromatic rings. The van der Waals surface area contributed by atoms with E-state index in [9.17, 15) is 39.9 Å². The van der Waals surface area contributed by atoms with E-state index in [2.05, 4.69) is 27.5 Å². The minimum absolute atomic E-state index is 0.0522. The Balaban J connectivity index is 1.46. The van der Waals surface area contributed by atoms with Crippen molar-refractivity contribution in [1.29, 1.82) is 0 Å². The highest BCUT2D eigenvalue weighted by molar-refractivity contribution is 6.23. The van der Waals surface area contributed by atoms with Crippen LogP contribution >= 0.6 is 0 Å². The number of hydrazone groups is 1. The van der Waals surface area contributed by atoms with Gasteiger partial charge in [-0.2, -0.15) is 5.10 Å². The zero-order valence-electron chi connectivity index (χ0n) is 38.4. The Labute approximate surface area is 379 Å². The van der Waals surface area contributed by atoms with Gasteiger partial charge in [-0.1, -0.05) is 76.3 Å². The predicted molar refractivity (Wildman–Crippen MR) is 245 cm³/mol. The van der Waals surface area contributed by atoms with Gasteiger partial charge in [-0.25, -0.2) is 0 Å². The maximum atomic E-state index is 14.6. The van der Waals surface area contributed by atoms with Gasteiger partial charge in [0, 0.05) is 93.9 Å². The molecule has 65 heavy (non-hydrogen) atoms. The van der Waals surface area contributed by atoms with Crippen molar-refractivity contribution in [3.05, 3.63) is 88.7 Å². The molecule has 7 rings (SSSR count). The topological polar surface area (TPSA) is 220 Å². The van der Waals surface area contributed by atoms with Crippen LogP contribution in [-0.4, -0.2) is 123 Å². The lowest BCUT2D eigenvalue weighted by atomic mass is 9.78. The number of amides is 1. The first kappa shape index (κ1) is 48.5. The number of nitrogens with one attached hydrogen (secondary N) is 1. The van der Waals surface area contributed by atoms with E-state index in [0.29, 0.717) is 26.2 Å². The molecule has 1 amide bonds. The Morgan fingerprint density at radius 1 is 0.923 bits per heavy atom. The van der Waals surface area contributed by atoms with Gasteiger partial charge in [0.1, 0.15) is 23.4 Å². The van der Waals surface area contributed by atoms with Crippen molar-refractivity contribution in [3.63, 3.8) is 0 Å². The van der Waals surface area contributed by atoms with Crippen LogP contribution in [0.5, 0.6) is 23.0 Å². The van der Waals surface area contributed by atoms with Crippen molar-refractivity contribution in [1.82, 2.24) is 9.91 Å². The van der Waals surface area contributed by atoms with Crippen LogP contribution < -0.4 is 10.1 Å². The van der Waals surface area contributed by atoms with Crippen molar-refractivity contribution in [2.45, 2.75) is 92.1 Å². The Kier molecular flexibility index (Phi) is 15.0. The number of esters is 1. The molecule has 6 N–H and O–H groups in total. The van der Waals surface area contributed by atoms with E-state index in [4.69, 9.17) is 18.9 Å². The summed E-state index contributed by atoms with van der Waals surface area (Å²) in [6, 6.07) is 10.1. The third kappa shape index (κ3) is 10.0. The number of benzene rings is 3. The highest BCUT2D eigenvalue weighted by Crippen LogP contribution is 2.55. The van der Waals surface area contributed by atoms with E-state index in [1.807, 2.05) is 18.2 Å². The van der Waals surface area contributed by atoms with E-state index < -0.39 is 88.8 Å². The molecule has 3 aromatic carbocycles. The molecular formula is C49H62N4O12. The molecular weight excluding hydrogens is 837 g/mol. The largest absolute Gasteiger partial charge is 0.507 e. The fraction of sp³-hybridized carbons (Fsp3) is 0.469. The molecule has 0 spiro atoms. The Bertz CT molecular complexity index is 2390. The molecule has 4 heterocycles. The highest BCUT2D eigenvalue weighted by Gasteiger charge is 2.50. The van der Waals surface area contributed by atoms with Gasteiger partial charge in [-0.3, -0.25) is 24.3 Å². The number of fused-ring (bicyclic) bond motifs is 14.